The summed E-state index contributed by atoms with van der Waals surface area (Å²) in [5.74, 6) is -0.325. The number of likely N-dealkylation sites (N-methyl/N-ethyl adjacent to an activating group) is 1. The second-order valence-electron chi connectivity index (χ2n) is 7.55. The van der Waals surface area contributed by atoms with E-state index >= 15 is 0 Å². The van der Waals surface area contributed by atoms with Crippen molar-refractivity contribution < 1.29 is 24.0 Å². The quantitative estimate of drug-likeness (QED) is 0.428. The van der Waals surface area contributed by atoms with Gasteiger partial charge < -0.3 is 24.3 Å². The Bertz CT molecular complexity index is 1100. The van der Waals surface area contributed by atoms with Gasteiger partial charge in [0.25, 0.3) is 5.91 Å². The molecule has 1 heterocycles. The number of rotatable bonds is 8. The Morgan fingerprint density at radius 3 is 2.48 bits per heavy atom. The number of esters is 1. The topological polar surface area (TPSA) is 74.0 Å². The molecular weight excluding hydrogens is 394 g/mol. The molecule has 0 bridgehead atoms. The van der Waals surface area contributed by atoms with Crippen LogP contribution in [0.15, 0.2) is 60.4 Å². The van der Waals surface area contributed by atoms with Crippen molar-refractivity contribution in [1.82, 2.24) is 9.88 Å². The molecule has 2 N–H and O–H groups in total. The second kappa shape index (κ2) is 9.95. The second-order valence-corrected chi connectivity index (χ2v) is 7.55. The number of quaternary nitrogens is 1. The highest BCUT2D eigenvalue weighted by Gasteiger charge is 2.18. The molecule has 1 amide bonds. The van der Waals surface area contributed by atoms with Gasteiger partial charge >= 0.3 is 5.97 Å². The number of hydrogen-bond donors (Lipinski definition) is 2. The van der Waals surface area contributed by atoms with E-state index in [2.05, 4.69) is 5.32 Å². The maximum absolute atomic E-state index is 12.8. The first-order chi connectivity index (χ1) is 14.9. The van der Waals surface area contributed by atoms with Crippen molar-refractivity contribution in [1.29, 1.82) is 0 Å². The Morgan fingerprint density at radius 1 is 1.10 bits per heavy atom. The Balaban J connectivity index is 1.90. The first kappa shape index (κ1) is 22.1. The predicted octanol–water partition coefficient (Wildman–Crippen LogP) is 1.65. The molecule has 31 heavy (non-hydrogen) atoms. The van der Waals surface area contributed by atoms with E-state index in [0.717, 1.165) is 21.4 Å². The third-order valence-electron chi connectivity index (χ3n) is 4.88. The molecule has 2 aromatic carbocycles. The molecule has 0 spiro atoms. The molecule has 162 valence electrons. The Kier molecular flexibility index (Phi) is 7.10. The first-order valence-corrected chi connectivity index (χ1v) is 10.1. The molecule has 0 atom stereocenters. The van der Waals surface area contributed by atoms with Crippen LogP contribution in [-0.2, 0) is 16.6 Å². The molecule has 0 aliphatic rings. The van der Waals surface area contributed by atoms with Crippen molar-refractivity contribution in [3.8, 4) is 5.75 Å². The number of hydrogen-bond acceptors (Lipinski definition) is 4. The van der Waals surface area contributed by atoms with Crippen LogP contribution in [0.25, 0.3) is 17.0 Å². The van der Waals surface area contributed by atoms with E-state index in [0.29, 0.717) is 17.9 Å². The summed E-state index contributed by atoms with van der Waals surface area (Å²) in [4.78, 5) is 26.7. The SMILES string of the molecule is COc1ccc(C(=O)N/C(=C\c2cn(C)c3ccccc23)C(=O)OCC[NH+](C)C)cc1. The smallest absolute Gasteiger partial charge is 0.355 e. The average Bonchev–Trinajstić information content (AvgIpc) is 3.08. The van der Waals surface area contributed by atoms with Gasteiger partial charge in [-0.05, 0) is 36.4 Å². The number of fused-ring (bicyclic) bond motifs is 1. The maximum atomic E-state index is 12.8. The molecular formula is C24H28N3O4+. The van der Waals surface area contributed by atoms with E-state index in [1.165, 1.54) is 0 Å². The van der Waals surface area contributed by atoms with Crippen molar-refractivity contribution >= 4 is 28.9 Å². The standard InChI is InChI=1S/C24H27N3O4/c1-26(2)13-14-31-24(29)21(25-23(28)17-9-11-19(30-4)12-10-17)15-18-16-27(3)22-8-6-5-7-20(18)22/h5-12,15-16H,13-14H2,1-4H3,(H,25,28)/p+1/b21-15-. The largest absolute Gasteiger partial charge is 0.497 e. The van der Waals surface area contributed by atoms with Gasteiger partial charge in [0, 0.05) is 35.3 Å². The zero-order valence-corrected chi connectivity index (χ0v) is 18.3. The van der Waals surface area contributed by atoms with Crippen LogP contribution in [0.3, 0.4) is 0 Å². The summed E-state index contributed by atoms with van der Waals surface area (Å²) in [6.45, 7) is 0.923. The maximum Gasteiger partial charge on any atom is 0.355 e. The van der Waals surface area contributed by atoms with E-state index in [-0.39, 0.29) is 12.3 Å². The number of nitrogens with zero attached hydrogens (tertiary/aromatic N) is 1. The van der Waals surface area contributed by atoms with Crippen molar-refractivity contribution in [3.05, 3.63) is 71.6 Å². The molecule has 0 fully saturated rings. The summed E-state index contributed by atoms with van der Waals surface area (Å²) < 4.78 is 12.5. The highest BCUT2D eigenvalue weighted by molar-refractivity contribution is 6.04. The van der Waals surface area contributed by atoms with Crippen LogP contribution in [0.4, 0.5) is 0 Å². The fraction of sp³-hybridized carbons (Fsp3) is 0.250. The molecule has 3 rings (SSSR count). The summed E-state index contributed by atoms with van der Waals surface area (Å²) in [7, 11) is 7.46. The van der Waals surface area contributed by atoms with Crippen LogP contribution in [0.5, 0.6) is 5.75 Å². The molecule has 0 saturated carbocycles. The lowest BCUT2D eigenvalue weighted by atomic mass is 10.1. The van der Waals surface area contributed by atoms with Crippen LogP contribution < -0.4 is 15.0 Å². The van der Waals surface area contributed by atoms with Crippen molar-refractivity contribution in [2.75, 3.05) is 34.4 Å². The van der Waals surface area contributed by atoms with Crippen LogP contribution >= 0.6 is 0 Å². The summed E-state index contributed by atoms with van der Waals surface area (Å²) >= 11 is 0. The minimum absolute atomic E-state index is 0.0888. The number of carbonyl (C=O) groups is 2. The lowest BCUT2D eigenvalue weighted by Gasteiger charge is -2.12. The number of ether oxygens (including phenoxy) is 2. The average molecular weight is 423 g/mol. The van der Waals surface area contributed by atoms with Gasteiger partial charge in [0.15, 0.2) is 0 Å². The minimum atomic E-state index is -0.573. The minimum Gasteiger partial charge on any atom is -0.497 e. The van der Waals surface area contributed by atoms with Crippen LogP contribution in [0.1, 0.15) is 15.9 Å². The van der Waals surface area contributed by atoms with Gasteiger partial charge in [0.05, 0.1) is 21.2 Å². The van der Waals surface area contributed by atoms with Gasteiger partial charge in [-0.1, -0.05) is 18.2 Å². The number of aromatic nitrogens is 1. The molecule has 3 aromatic rings. The van der Waals surface area contributed by atoms with Crippen molar-refractivity contribution in [2.24, 2.45) is 7.05 Å². The van der Waals surface area contributed by atoms with E-state index in [9.17, 15) is 9.59 Å². The fourth-order valence-electron chi connectivity index (χ4n) is 3.15. The van der Waals surface area contributed by atoms with Crippen LogP contribution in [0, 0.1) is 0 Å². The Morgan fingerprint density at radius 2 is 1.81 bits per heavy atom. The zero-order valence-electron chi connectivity index (χ0n) is 18.3. The molecule has 0 aliphatic heterocycles. The van der Waals surface area contributed by atoms with Crippen LogP contribution in [0.2, 0.25) is 0 Å². The zero-order chi connectivity index (χ0) is 22.4. The molecule has 7 nitrogen and oxygen atoms in total. The number of amides is 1. The van der Waals surface area contributed by atoms with Gasteiger partial charge in [-0.2, -0.15) is 0 Å². The Hall–Kier alpha value is -3.58. The first-order valence-electron chi connectivity index (χ1n) is 10.1. The number of methoxy groups -OCH3 is 1. The predicted molar refractivity (Wildman–Crippen MR) is 120 cm³/mol. The highest BCUT2D eigenvalue weighted by Crippen LogP contribution is 2.22. The highest BCUT2D eigenvalue weighted by atomic mass is 16.5. The summed E-state index contributed by atoms with van der Waals surface area (Å²) in [6.07, 6.45) is 3.58. The van der Waals surface area contributed by atoms with Gasteiger partial charge in [-0.25, -0.2) is 4.79 Å². The van der Waals surface area contributed by atoms with Crippen LogP contribution in [-0.4, -0.2) is 50.8 Å². The third kappa shape index (κ3) is 5.52. The lowest BCUT2D eigenvalue weighted by molar-refractivity contribution is -0.858. The number of carbonyl (C=O) groups excluding carboxylic acids is 2. The molecule has 0 saturated heterocycles. The monoisotopic (exact) mass is 422 g/mol. The Labute approximate surface area is 181 Å². The van der Waals surface area contributed by atoms with Gasteiger partial charge in [-0.15, -0.1) is 0 Å². The van der Waals surface area contributed by atoms with E-state index in [4.69, 9.17) is 9.47 Å². The number of para-hydroxylation sites is 1. The summed E-state index contributed by atoms with van der Waals surface area (Å²) in [5, 5.41) is 3.70. The molecule has 0 aliphatic carbocycles. The van der Waals surface area contributed by atoms with Gasteiger partial charge in [0.1, 0.15) is 24.6 Å². The third-order valence-corrected chi connectivity index (χ3v) is 4.88. The molecule has 0 unspecified atom stereocenters. The summed E-state index contributed by atoms with van der Waals surface area (Å²) in [6, 6.07) is 14.6. The normalized spacial score (nSPS) is 11.6. The molecule has 7 heteroatoms. The van der Waals surface area contributed by atoms with Crippen molar-refractivity contribution in [3.63, 3.8) is 0 Å². The lowest BCUT2D eigenvalue weighted by Crippen LogP contribution is -3.06. The van der Waals surface area contributed by atoms with E-state index < -0.39 is 11.9 Å². The number of aryl methyl sites for hydroxylation is 1. The fourth-order valence-corrected chi connectivity index (χ4v) is 3.15. The summed E-state index contributed by atoms with van der Waals surface area (Å²) in [5.41, 5.74) is 2.35. The number of benzene rings is 2. The molecule has 1 aromatic heterocycles. The van der Waals surface area contributed by atoms with Crippen molar-refractivity contribution in [2.45, 2.75) is 0 Å². The van der Waals surface area contributed by atoms with Gasteiger partial charge in [-0.3, -0.25) is 4.79 Å². The van der Waals surface area contributed by atoms with E-state index in [1.54, 1.807) is 37.5 Å². The molecule has 0 radical (unpaired) electrons. The van der Waals surface area contributed by atoms with Gasteiger partial charge in [0.2, 0.25) is 0 Å². The van der Waals surface area contributed by atoms with E-state index in [1.807, 2.05) is 56.2 Å². The number of nitrogens with one attached hydrogen (secondary N) is 2.